The van der Waals surface area contributed by atoms with Gasteiger partial charge in [0.05, 0.1) is 6.04 Å². The molecule has 0 aromatic carbocycles. The predicted molar refractivity (Wildman–Crippen MR) is 138 cm³/mol. The van der Waals surface area contributed by atoms with Gasteiger partial charge in [-0.15, -0.1) is 0 Å². The fourth-order valence-electron chi connectivity index (χ4n) is 6.12. The van der Waals surface area contributed by atoms with Crippen LogP contribution in [0.15, 0.2) is 36.1 Å². The molecule has 6 rings (SSSR count). The van der Waals surface area contributed by atoms with Gasteiger partial charge in [0.15, 0.2) is 0 Å². The van der Waals surface area contributed by atoms with Crippen LogP contribution in [0, 0.1) is 0 Å². The average molecular weight is 491 g/mol. The van der Waals surface area contributed by atoms with E-state index in [9.17, 15) is 9.59 Å². The molecule has 2 aliphatic heterocycles. The third kappa shape index (κ3) is 3.93. The zero-order chi connectivity index (χ0) is 24.7. The Bertz CT molecular complexity index is 1230. The van der Waals surface area contributed by atoms with Crippen LogP contribution < -0.4 is 21.5 Å². The lowest BCUT2D eigenvalue weighted by Crippen LogP contribution is -2.55. The zero-order valence-electron chi connectivity index (χ0n) is 20.7. The van der Waals surface area contributed by atoms with Crippen molar-refractivity contribution in [3.05, 3.63) is 36.1 Å². The maximum absolute atomic E-state index is 13.0. The highest BCUT2D eigenvalue weighted by Crippen LogP contribution is 2.42. The minimum absolute atomic E-state index is 0.00474. The summed E-state index contributed by atoms with van der Waals surface area (Å²) in [5.74, 6) is 1.49. The molecule has 1 saturated heterocycles. The number of piperidine rings is 1. The zero-order valence-corrected chi connectivity index (χ0v) is 20.7. The largest absolute Gasteiger partial charge is 0.348 e. The van der Waals surface area contributed by atoms with Crippen LogP contribution in [0.4, 0.5) is 11.8 Å². The van der Waals surface area contributed by atoms with E-state index in [0.717, 1.165) is 80.5 Å². The summed E-state index contributed by atoms with van der Waals surface area (Å²) in [4.78, 5) is 37.3. The van der Waals surface area contributed by atoms with E-state index in [-0.39, 0.29) is 17.9 Å². The Kier molecular flexibility index (Phi) is 5.91. The van der Waals surface area contributed by atoms with E-state index in [4.69, 9.17) is 4.98 Å². The van der Waals surface area contributed by atoms with Crippen molar-refractivity contribution in [3.63, 3.8) is 0 Å². The molecule has 190 valence electrons. The molecule has 4 heterocycles. The lowest BCUT2D eigenvalue weighted by molar-refractivity contribution is -0.132. The number of fused-ring (bicyclic) bond motifs is 4. The molecule has 1 saturated carbocycles. The van der Waals surface area contributed by atoms with Crippen molar-refractivity contribution in [1.29, 1.82) is 0 Å². The Balaban J connectivity index is 1.18. The number of rotatable bonds is 4. The average Bonchev–Trinajstić information content (AvgIpc) is 3.30. The Hall–Kier alpha value is -3.40. The van der Waals surface area contributed by atoms with Gasteiger partial charge in [0.1, 0.15) is 17.0 Å². The highest BCUT2D eigenvalue weighted by Gasteiger charge is 2.46. The lowest BCUT2D eigenvalue weighted by atomic mass is 9.80. The molecule has 1 spiro atoms. The number of aromatic nitrogens is 3. The molecule has 10 heteroatoms. The van der Waals surface area contributed by atoms with Crippen molar-refractivity contribution in [2.45, 2.75) is 69.0 Å². The van der Waals surface area contributed by atoms with E-state index in [1.165, 1.54) is 0 Å². The number of amides is 2. The number of hydrazine groups is 1. The summed E-state index contributed by atoms with van der Waals surface area (Å²) >= 11 is 0. The quantitative estimate of drug-likeness (QED) is 0.520. The van der Waals surface area contributed by atoms with Crippen LogP contribution in [-0.4, -0.2) is 63.5 Å². The summed E-state index contributed by atoms with van der Waals surface area (Å²) in [6.45, 7) is 1.59. The second-order valence-corrected chi connectivity index (χ2v) is 10.4. The molecule has 2 amide bonds. The number of hydrogen-bond donors (Lipinski definition) is 4. The van der Waals surface area contributed by atoms with Gasteiger partial charge in [0.2, 0.25) is 5.95 Å². The molecule has 1 atom stereocenters. The van der Waals surface area contributed by atoms with Gasteiger partial charge < -0.3 is 15.5 Å². The highest BCUT2D eigenvalue weighted by atomic mass is 16.2. The molecule has 4 aliphatic rings. The Morgan fingerprint density at radius 3 is 2.69 bits per heavy atom. The maximum atomic E-state index is 13.0. The first kappa shape index (κ1) is 23.0. The van der Waals surface area contributed by atoms with Crippen molar-refractivity contribution < 1.29 is 9.59 Å². The van der Waals surface area contributed by atoms with E-state index in [0.29, 0.717) is 18.4 Å². The van der Waals surface area contributed by atoms with Gasteiger partial charge in [-0.25, -0.2) is 4.98 Å². The van der Waals surface area contributed by atoms with Crippen LogP contribution in [0.25, 0.3) is 11.0 Å². The summed E-state index contributed by atoms with van der Waals surface area (Å²) in [5.41, 5.74) is 6.82. The third-order valence-corrected chi connectivity index (χ3v) is 8.23. The molecule has 4 N–H and O–H groups in total. The number of likely N-dealkylation sites (tertiary alicyclic amines) is 1. The van der Waals surface area contributed by atoms with Crippen LogP contribution in [0.5, 0.6) is 0 Å². The van der Waals surface area contributed by atoms with Crippen LogP contribution in [-0.2, 0) is 15.1 Å². The molecule has 2 aromatic rings. The molecule has 10 nitrogen and oxygen atoms in total. The second-order valence-electron chi connectivity index (χ2n) is 10.4. The third-order valence-electron chi connectivity index (χ3n) is 8.23. The van der Waals surface area contributed by atoms with E-state index in [1.54, 1.807) is 0 Å². The first-order valence-electron chi connectivity index (χ1n) is 13.1. The maximum Gasteiger partial charge on any atom is 0.264 e. The van der Waals surface area contributed by atoms with Gasteiger partial charge in [0, 0.05) is 36.3 Å². The Morgan fingerprint density at radius 1 is 1.17 bits per heavy atom. The number of carbonyl (C=O) groups is 2. The topological polar surface area (TPSA) is 116 Å². The molecule has 36 heavy (non-hydrogen) atoms. The van der Waals surface area contributed by atoms with Crippen LogP contribution >= 0.6 is 0 Å². The molecule has 0 radical (unpaired) electrons. The van der Waals surface area contributed by atoms with E-state index in [1.807, 2.05) is 42.4 Å². The smallest absolute Gasteiger partial charge is 0.264 e. The number of hydrogen-bond acceptors (Lipinski definition) is 7. The fraction of sp³-hybridized carbons (Fsp3) is 0.538. The van der Waals surface area contributed by atoms with Gasteiger partial charge >= 0.3 is 0 Å². The summed E-state index contributed by atoms with van der Waals surface area (Å²) < 4.78 is 2.08. The Morgan fingerprint density at radius 2 is 1.97 bits per heavy atom. The summed E-state index contributed by atoms with van der Waals surface area (Å²) in [6.07, 6.45) is 15.2. The summed E-state index contributed by atoms with van der Waals surface area (Å²) in [7, 11) is 1.98. The number of anilines is 2. The highest BCUT2D eigenvalue weighted by molar-refractivity contribution is 5.96. The van der Waals surface area contributed by atoms with Gasteiger partial charge in [-0.3, -0.25) is 25.0 Å². The van der Waals surface area contributed by atoms with Gasteiger partial charge in [-0.1, -0.05) is 37.5 Å². The van der Waals surface area contributed by atoms with Crippen LogP contribution in [0.3, 0.4) is 0 Å². The van der Waals surface area contributed by atoms with Crippen LogP contribution in [0.1, 0.15) is 51.4 Å². The minimum Gasteiger partial charge on any atom is -0.348 e. The number of nitrogens with zero attached hydrogens (tertiary/aromatic N) is 4. The normalized spacial score (nSPS) is 23.7. The van der Waals surface area contributed by atoms with Gasteiger partial charge in [-0.2, -0.15) is 4.98 Å². The van der Waals surface area contributed by atoms with Gasteiger partial charge in [-0.05, 0) is 45.2 Å². The van der Waals surface area contributed by atoms with E-state index >= 15 is 0 Å². The Labute approximate surface area is 210 Å². The molecule has 0 bridgehead atoms. The summed E-state index contributed by atoms with van der Waals surface area (Å²) in [5, 5.41) is 7.61. The predicted octanol–water partition coefficient (Wildman–Crippen LogP) is 2.42. The SMILES string of the molecule is CNC1CCN(C(=O)C2=CCC(Nc3ncc4cc5n(c4n3)C3(CCCCC3)C(=O)NN5)C=C2)CC1. The minimum atomic E-state index is -0.601. The van der Waals surface area contributed by atoms with Crippen molar-refractivity contribution in [2.75, 3.05) is 30.9 Å². The first-order chi connectivity index (χ1) is 17.6. The molecular formula is C26H34N8O2. The van der Waals surface area contributed by atoms with Crippen LogP contribution in [0.2, 0.25) is 0 Å². The van der Waals surface area contributed by atoms with E-state index < -0.39 is 5.54 Å². The summed E-state index contributed by atoms with van der Waals surface area (Å²) in [6, 6.07) is 2.49. The fourth-order valence-corrected chi connectivity index (χ4v) is 6.12. The van der Waals surface area contributed by atoms with E-state index in [2.05, 4.69) is 31.0 Å². The van der Waals surface area contributed by atoms with Crippen molar-refractivity contribution in [2.24, 2.45) is 0 Å². The molecule has 1 unspecified atom stereocenters. The van der Waals surface area contributed by atoms with Crippen molar-refractivity contribution in [1.82, 2.24) is 30.2 Å². The van der Waals surface area contributed by atoms with Gasteiger partial charge in [0.25, 0.3) is 11.8 Å². The molecule has 2 aliphatic carbocycles. The monoisotopic (exact) mass is 490 g/mol. The first-order valence-corrected chi connectivity index (χ1v) is 13.1. The lowest BCUT2D eigenvalue weighted by Gasteiger charge is -2.41. The standard InChI is InChI=1S/C26H34N8O2/c1-27-19-9-13-33(14-10-19)23(35)17-5-7-20(8-6-17)29-25-28-16-18-15-21-31-32-24(36)26(11-3-2-4-12-26)34(21)22(18)30-25/h5-7,15-16,19-20,27,31H,2-4,8-14H2,1H3,(H,32,36)(H,28,29,30). The van der Waals surface area contributed by atoms with Crippen molar-refractivity contribution in [3.8, 4) is 0 Å². The number of nitrogens with one attached hydrogen (secondary N) is 4. The molecule has 2 fully saturated rings. The molecular weight excluding hydrogens is 456 g/mol. The number of carbonyl (C=O) groups excluding carboxylic acids is 2. The molecule has 2 aromatic heterocycles. The van der Waals surface area contributed by atoms with Crippen molar-refractivity contribution >= 4 is 34.6 Å². The second kappa shape index (κ2) is 9.24.